The molecule has 2 amide bonds. The summed E-state index contributed by atoms with van der Waals surface area (Å²) in [5, 5.41) is 29.2. The van der Waals surface area contributed by atoms with Crippen molar-refractivity contribution < 1.29 is 27.6 Å². The quantitative estimate of drug-likeness (QED) is 0.0516. The van der Waals surface area contributed by atoms with Crippen molar-refractivity contribution in [1.29, 1.82) is 0 Å². The Morgan fingerprint density at radius 2 is 0.614 bits per heavy atom. The summed E-state index contributed by atoms with van der Waals surface area (Å²) in [5.74, 6) is 0. The fraction of sp³-hybridized carbons (Fsp3) is 0.957. The average Bonchev–Trinajstić information content (AvgIpc) is 2.96. The number of amides is 2. The number of nitrogens with one attached hydrogen (secondary N) is 10. The summed E-state index contributed by atoms with van der Waals surface area (Å²) in [7, 11) is -5.30. The second-order valence-electron chi connectivity index (χ2n) is 11.2. The molecule has 21 heteroatoms. The Kier molecular flexibility index (Phi) is 22.7. The van der Waals surface area contributed by atoms with E-state index in [0.717, 1.165) is 0 Å². The lowest BCUT2D eigenvalue weighted by Crippen LogP contribution is -2.39. The van der Waals surface area contributed by atoms with Crippen molar-refractivity contribution in [2.24, 2.45) is 0 Å². The molecule has 0 aromatic carbocycles. The number of carbonyl (C=O) groups excluding carboxylic acids is 1. The Balaban J connectivity index is 5.49. The van der Waals surface area contributed by atoms with Crippen molar-refractivity contribution in [2.75, 3.05) is 129 Å². The SMILES string of the molecule is CCP(=O)(CNC)CNCP(=O)(CNC)CNCP(=O)(CNCP(=O)(CC)CNC)CNC(=O)NCP(=O)(CNC)CNC. The summed E-state index contributed by atoms with van der Waals surface area (Å²) in [6.07, 6.45) is 2.89. The van der Waals surface area contributed by atoms with Crippen LogP contribution in [0.15, 0.2) is 0 Å². The first-order valence-electron chi connectivity index (χ1n) is 14.9. The molecule has 0 aromatic heterocycles. The minimum atomic E-state index is -3.19. The predicted molar refractivity (Wildman–Crippen MR) is 189 cm³/mol. The van der Waals surface area contributed by atoms with Crippen LogP contribution in [-0.2, 0) is 22.8 Å². The normalized spacial score (nSPS) is 17.6. The average molecular weight is 729 g/mol. The molecule has 0 aliphatic rings. The third-order valence-corrected chi connectivity index (χ3v) is 19.9. The van der Waals surface area contributed by atoms with E-state index in [1.165, 1.54) is 0 Å². The maximum Gasteiger partial charge on any atom is 0.315 e. The lowest BCUT2D eigenvalue weighted by atomic mass is 10.9. The van der Waals surface area contributed by atoms with Crippen LogP contribution in [0.5, 0.6) is 0 Å². The van der Waals surface area contributed by atoms with Crippen molar-refractivity contribution in [2.45, 2.75) is 13.8 Å². The van der Waals surface area contributed by atoms with Gasteiger partial charge in [-0.3, -0.25) is 0 Å². The molecule has 4 unspecified atom stereocenters. The molecule has 44 heavy (non-hydrogen) atoms. The number of urea groups is 1. The Hall–Kier alpha value is 0.1000. The smallest absolute Gasteiger partial charge is 0.315 e. The van der Waals surface area contributed by atoms with E-state index in [0.29, 0.717) is 24.9 Å². The van der Waals surface area contributed by atoms with Crippen LogP contribution < -0.4 is 53.2 Å². The summed E-state index contributed by atoms with van der Waals surface area (Å²) in [6, 6.07) is -0.598. The third kappa shape index (κ3) is 18.4. The molecule has 0 saturated heterocycles. The molecular weight excluding hydrogens is 667 g/mol. The zero-order chi connectivity index (χ0) is 33.8. The third-order valence-electron chi connectivity index (χ3n) is 6.84. The summed E-state index contributed by atoms with van der Waals surface area (Å²) in [6.45, 7) is 3.72. The van der Waals surface area contributed by atoms with E-state index in [2.05, 4.69) is 53.2 Å². The van der Waals surface area contributed by atoms with Crippen LogP contribution in [0.1, 0.15) is 13.8 Å². The maximum absolute atomic E-state index is 14.0. The van der Waals surface area contributed by atoms with Crippen molar-refractivity contribution in [3.8, 4) is 0 Å². The van der Waals surface area contributed by atoms with Gasteiger partial charge < -0.3 is 76.0 Å². The zero-order valence-electron chi connectivity index (χ0n) is 27.8. The van der Waals surface area contributed by atoms with Gasteiger partial charge in [0.05, 0.1) is 81.7 Å². The van der Waals surface area contributed by atoms with Crippen molar-refractivity contribution >= 4 is 41.7 Å². The molecular formula is C23H61N10O6P5. The molecule has 4 atom stereocenters. The van der Waals surface area contributed by atoms with Gasteiger partial charge in [0, 0.05) is 12.3 Å². The molecule has 264 valence electrons. The van der Waals surface area contributed by atoms with Gasteiger partial charge in [0.15, 0.2) is 0 Å². The molecule has 10 N–H and O–H groups in total. The largest absolute Gasteiger partial charge is 0.331 e. The van der Waals surface area contributed by atoms with E-state index in [1.54, 1.807) is 35.2 Å². The van der Waals surface area contributed by atoms with Crippen molar-refractivity contribution in [1.82, 2.24) is 53.2 Å². The van der Waals surface area contributed by atoms with E-state index >= 15 is 0 Å². The molecule has 0 saturated carbocycles. The van der Waals surface area contributed by atoms with Gasteiger partial charge in [-0.15, -0.1) is 0 Å². The summed E-state index contributed by atoms with van der Waals surface area (Å²) in [5.41, 5.74) is 0. The van der Waals surface area contributed by atoms with E-state index in [9.17, 15) is 27.6 Å². The fourth-order valence-corrected chi connectivity index (χ4v) is 13.9. The number of carbonyl (C=O) groups is 1. The summed E-state index contributed by atoms with van der Waals surface area (Å²) < 4.78 is 66.7. The van der Waals surface area contributed by atoms with Gasteiger partial charge in [0.1, 0.15) is 35.7 Å². The first-order chi connectivity index (χ1) is 20.6. The minimum Gasteiger partial charge on any atom is -0.331 e. The Morgan fingerprint density at radius 1 is 0.386 bits per heavy atom. The Labute approximate surface area is 265 Å². The minimum absolute atomic E-state index is 0.00423. The van der Waals surface area contributed by atoms with Crippen LogP contribution in [0.4, 0.5) is 4.79 Å². The molecule has 16 nitrogen and oxygen atoms in total. The van der Waals surface area contributed by atoms with Crippen LogP contribution in [0.2, 0.25) is 0 Å². The molecule has 0 aromatic rings. The molecule has 0 heterocycles. The monoisotopic (exact) mass is 728 g/mol. The second-order valence-corrected chi connectivity index (χ2v) is 27.1. The van der Waals surface area contributed by atoms with Crippen LogP contribution >= 0.6 is 35.7 Å². The molecule has 0 spiro atoms. The lowest BCUT2D eigenvalue weighted by Gasteiger charge is -2.25. The maximum atomic E-state index is 14.0. The molecule has 0 aliphatic heterocycles. The zero-order valence-corrected chi connectivity index (χ0v) is 32.3. The fourth-order valence-electron chi connectivity index (χ4n) is 4.37. The van der Waals surface area contributed by atoms with Crippen LogP contribution in [0.3, 0.4) is 0 Å². The van der Waals surface area contributed by atoms with Gasteiger partial charge in [-0.25, -0.2) is 4.79 Å². The number of hydrogen-bond acceptors (Lipinski definition) is 14. The summed E-state index contributed by atoms with van der Waals surface area (Å²) in [4.78, 5) is 12.6. The first kappa shape index (κ1) is 44.1. The van der Waals surface area contributed by atoms with Crippen LogP contribution in [0, 0.1) is 0 Å². The van der Waals surface area contributed by atoms with E-state index in [4.69, 9.17) is 0 Å². The Bertz CT molecular complexity index is 1060. The van der Waals surface area contributed by atoms with Gasteiger partial charge in [-0.2, -0.15) is 0 Å². The topological polar surface area (TPSA) is 223 Å². The highest BCUT2D eigenvalue weighted by molar-refractivity contribution is 7.66. The van der Waals surface area contributed by atoms with Crippen molar-refractivity contribution in [3.63, 3.8) is 0 Å². The molecule has 0 bridgehead atoms. The summed E-state index contributed by atoms with van der Waals surface area (Å²) >= 11 is 0. The molecule has 0 aliphatic carbocycles. The predicted octanol–water partition coefficient (Wildman–Crippen LogP) is 1.45. The molecule has 0 radical (unpaired) electrons. The van der Waals surface area contributed by atoms with Gasteiger partial charge in [0.25, 0.3) is 0 Å². The Morgan fingerprint density at radius 3 is 0.886 bits per heavy atom. The standard InChI is InChI=1S/C23H61N10O6P5/c1-8-40(35,10-24-3)15-29-17-43(38,14-28-7)18-31-20-44(39,19-30-16-41(36,9-2)11-25-4)22-33-23(34)32-21-42(37,12-26-5)13-27-6/h24-31H,8-22H2,1-7H3,(H2,32,33,34). The van der Waals surface area contributed by atoms with E-state index < -0.39 is 41.7 Å². The lowest BCUT2D eigenvalue weighted by molar-refractivity contribution is 0.243. The van der Waals surface area contributed by atoms with Gasteiger partial charge in [0.2, 0.25) is 0 Å². The van der Waals surface area contributed by atoms with Crippen LogP contribution in [0.25, 0.3) is 0 Å². The number of rotatable bonds is 28. The van der Waals surface area contributed by atoms with Crippen molar-refractivity contribution in [3.05, 3.63) is 0 Å². The molecule has 0 fully saturated rings. The molecule has 0 rings (SSSR count). The number of hydrogen-bond donors (Lipinski definition) is 10. The van der Waals surface area contributed by atoms with E-state index in [-0.39, 0.29) is 69.1 Å². The van der Waals surface area contributed by atoms with E-state index in [1.807, 2.05) is 13.8 Å². The van der Waals surface area contributed by atoms with Gasteiger partial charge >= 0.3 is 6.03 Å². The van der Waals surface area contributed by atoms with Gasteiger partial charge in [-0.1, -0.05) is 13.8 Å². The van der Waals surface area contributed by atoms with Gasteiger partial charge in [-0.05, 0) is 35.2 Å². The van der Waals surface area contributed by atoms with Crippen LogP contribution in [-0.4, -0.2) is 135 Å². The first-order valence-corrected chi connectivity index (χ1v) is 26.2. The highest BCUT2D eigenvalue weighted by Crippen LogP contribution is 2.48. The second kappa shape index (κ2) is 22.6. The highest BCUT2D eigenvalue weighted by atomic mass is 31.2. The highest BCUT2D eigenvalue weighted by Gasteiger charge is 2.29.